The number of H-pyrrole nitrogens is 1. The summed E-state index contributed by atoms with van der Waals surface area (Å²) in [5.74, 6) is 0. The fourth-order valence-corrected chi connectivity index (χ4v) is 0.743. The predicted octanol–water partition coefficient (Wildman–Crippen LogP) is -2.33. The summed E-state index contributed by atoms with van der Waals surface area (Å²) in [6, 6.07) is 1.33. The van der Waals surface area contributed by atoms with Crippen molar-refractivity contribution in [1.29, 1.82) is 0 Å². The number of aromatic amines is 1. The zero-order valence-electron chi connectivity index (χ0n) is 4.92. The van der Waals surface area contributed by atoms with Gasteiger partial charge in [-0.05, 0) is 0 Å². The molecule has 1 aromatic heterocycles. The lowest BCUT2D eigenvalue weighted by Crippen LogP contribution is -2.27. The molecule has 0 aliphatic heterocycles. The molecule has 0 saturated heterocycles. The third-order valence-corrected chi connectivity index (χ3v) is 1.70. The van der Waals surface area contributed by atoms with E-state index in [1.165, 1.54) is 16.5 Å². The van der Waals surface area contributed by atoms with E-state index in [2.05, 4.69) is 4.98 Å². The third-order valence-electron chi connectivity index (χ3n) is 1.000. The van der Waals surface area contributed by atoms with Crippen molar-refractivity contribution in [1.82, 2.24) is 9.22 Å². The summed E-state index contributed by atoms with van der Waals surface area (Å²) in [6.45, 7) is 0. The van der Waals surface area contributed by atoms with Crippen molar-refractivity contribution in [2.24, 2.45) is 0 Å². The Balaban J connectivity index is 3.52. The predicted molar refractivity (Wildman–Crippen MR) is 36.7 cm³/mol. The average molecular weight is 142 g/mol. The van der Waals surface area contributed by atoms with Crippen LogP contribution in [0.2, 0.25) is 0 Å². The molecule has 1 N–H and O–H groups in total. The number of aromatic nitrogens is 2. The summed E-state index contributed by atoms with van der Waals surface area (Å²) in [5, 5.41) is 0. The third kappa shape index (κ3) is 1.17. The Kier molecular flexibility index (Phi) is 1.35. The molecule has 0 fully saturated rings. The maximum Gasteiger partial charge on any atom is 0.319 e. The van der Waals surface area contributed by atoms with Crippen LogP contribution in [-0.2, 0) is 0 Å². The first-order chi connectivity index (χ1) is 4.20. The smallest absolute Gasteiger partial charge is 0.319 e. The fourth-order valence-electron chi connectivity index (χ4n) is 0.482. The van der Waals surface area contributed by atoms with Crippen LogP contribution in [-0.4, -0.2) is 19.6 Å². The van der Waals surface area contributed by atoms with Crippen LogP contribution in [0.5, 0.6) is 0 Å². The summed E-state index contributed by atoms with van der Waals surface area (Å²) >= 11 is 0. The molecule has 48 valence electrons. The Labute approximate surface area is 53.7 Å². The maximum absolute atomic E-state index is 10.6. The second-order valence-electron chi connectivity index (χ2n) is 1.72. The maximum atomic E-state index is 10.6. The summed E-state index contributed by atoms with van der Waals surface area (Å²) in [7, 11) is 0.608. The zero-order valence-corrected chi connectivity index (χ0v) is 6.92. The number of nitrogens with one attached hydrogen (secondary N) is 1. The van der Waals surface area contributed by atoms with Crippen LogP contribution in [0.15, 0.2) is 21.9 Å². The lowest BCUT2D eigenvalue weighted by Gasteiger charge is -1.89. The van der Waals surface area contributed by atoms with Crippen LogP contribution in [0.3, 0.4) is 0 Å². The summed E-state index contributed by atoms with van der Waals surface area (Å²) < 4.78 is 1.43. The van der Waals surface area contributed by atoms with Crippen molar-refractivity contribution in [3.8, 4) is 0 Å². The lowest BCUT2D eigenvalue weighted by molar-refractivity contribution is 0.977. The Bertz CT molecular complexity index is 313. The van der Waals surface area contributed by atoms with E-state index < -0.39 is 0 Å². The topological polar surface area (TPSA) is 54.9 Å². The van der Waals surface area contributed by atoms with Crippen LogP contribution in [0.1, 0.15) is 0 Å². The van der Waals surface area contributed by atoms with Gasteiger partial charge in [0.05, 0.1) is 0 Å². The van der Waals surface area contributed by atoms with Crippen molar-refractivity contribution in [3.63, 3.8) is 0 Å². The molecule has 1 rings (SSSR count). The SMILES string of the molecule is O=c1ccn([SiH3])c(=O)[nH]1. The van der Waals surface area contributed by atoms with Crippen molar-refractivity contribution in [3.05, 3.63) is 33.1 Å². The molecule has 0 atom stereocenters. The summed E-state index contributed by atoms with van der Waals surface area (Å²) in [6.07, 6.45) is 1.48. The highest BCUT2D eigenvalue weighted by Crippen LogP contribution is 1.60. The molecule has 0 bridgehead atoms. The van der Waals surface area contributed by atoms with Gasteiger partial charge in [-0.3, -0.25) is 9.78 Å². The van der Waals surface area contributed by atoms with E-state index in [9.17, 15) is 9.59 Å². The minimum Gasteiger partial charge on any atom is -0.337 e. The minimum absolute atomic E-state index is 0.325. The van der Waals surface area contributed by atoms with Crippen molar-refractivity contribution < 1.29 is 0 Å². The summed E-state index contributed by atoms with van der Waals surface area (Å²) in [4.78, 5) is 23.1. The molecule has 4 nitrogen and oxygen atoms in total. The van der Waals surface area contributed by atoms with Crippen LogP contribution in [0.4, 0.5) is 0 Å². The molecule has 0 aliphatic carbocycles. The molecule has 0 amide bonds. The Morgan fingerprint density at radius 1 is 1.56 bits per heavy atom. The standard InChI is InChI=1S/C4H6N2O2Si/c7-3-1-2-6(9)4(8)5-3/h1-2H,9H3,(H,5,7,8). The average Bonchev–Trinajstić information content (AvgIpc) is 1.80. The Morgan fingerprint density at radius 2 is 2.22 bits per heavy atom. The molecule has 5 heteroatoms. The van der Waals surface area contributed by atoms with Gasteiger partial charge in [0.15, 0.2) is 0 Å². The molecular formula is C4H6N2O2Si. The monoisotopic (exact) mass is 142 g/mol. The van der Waals surface area contributed by atoms with Gasteiger partial charge in [-0.2, -0.15) is 0 Å². The number of rotatable bonds is 0. The van der Waals surface area contributed by atoms with Gasteiger partial charge in [-0.25, -0.2) is 4.79 Å². The van der Waals surface area contributed by atoms with Gasteiger partial charge >= 0.3 is 5.69 Å². The number of hydrogen-bond donors (Lipinski definition) is 1. The van der Waals surface area contributed by atoms with Gasteiger partial charge in [0, 0.05) is 12.3 Å². The van der Waals surface area contributed by atoms with Gasteiger partial charge in [0.25, 0.3) is 5.56 Å². The highest BCUT2D eigenvalue weighted by Gasteiger charge is 1.85. The summed E-state index contributed by atoms with van der Waals surface area (Å²) in [5.41, 5.74) is -0.665. The fraction of sp³-hybridized carbons (Fsp3) is 0. The van der Waals surface area contributed by atoms with Gasteiger partial charge in [0.1, 0.15) is 10.4 Å². The van der Waals surface area contributed by atoms with E-state index in [-0.39, 0.29) is 11.2 Å². The van der Waals surface area contributed by atoms with E-state index in [1.54, 1.807) is 0 Å². The number of nitrogens with zero attached hydrogens (tertiary/aromatic N) is 1. The van der Waals surface area contributed by atoms with Gasteiger partial charge in [-0.1, -0.05) is 0 Å². The first kappa shape index (κ1) is 6.02. The van der Waals surface area contributed by atoms with Gasteiger partial charge < -0.3 is 4.23 Å². The lowest BCUT2D eigenvalue weighted by atomic mass is 10.7. The van der Waals surface area contributed by atoms with E-state index in [0.717, 1.165) is 0 Å². The normalized spacial score (nSPS) is 9.78. The highest BCUT2D eigenvalue weighted by molar-refractivity contribution is 6.06. The second kappa shape index (κ2) is 2.02. The Hall–Kier alpha value is -1.10. The number of hydrogen-bond acceptors (Lipinski definition) is 2. The Morgan fingerprint density at radius 3 is 2.67 bits per heavy atom. The second-order valence-corrected chi connectivity index (χ2v) is 2.68. The molecule has 0 saturated carbocycles. The van der Waals surface area contributed by atoms with E-state index in [4.69, 9.17) is 0 Å². The highest BCUT2D eigenvalue weighted by atomic mass is 28.2. The van der Waals surface area contributed by atoms with E-state index in [1.807, 2.05) is 0 Å². The molecular weight excluding hydrogens is 136 g/mol. The van der Waals surface area contributed by atoms with Crippen LogP contribution >= 0.6 is 0 Å². The molecule has 9 heavy (non-hydrogen) atoms. The van der Waals surface area contributed by atoms with E-state index >= 15 is 0 Å². The van der Waals surface area contributed by atoms with Crippen LogP contribution in [0.25, 0.3) is 0 Å². The van der Waals surface area contributed by atoms with Crippen LogP contribution in [0, 0.1) is 0 Å². The molecule has 0 spiro atoms. The first-order valence-corrected chi connectivity index (χ1v) is 3.35. The molecule has 0 aromatic carbocycles. The van der Waals surface area contributed by atoms with Gasteiger partial charge in [-0.15, -0.1) is 0 Å². The van der Waals surface area contributed by atoms with Crippen LogP contribution < -0.4 is 11.2 Å². The molecule has 0 aliphatic rings. The zero-order chi connectivity index (χ0) is 6.85. The molecule has 1 heterocycles. The van der Waals surface area contributed by atoms with Gasteiger partial charge in [0.2, 0.25) is 0 Å². The van der Waals surface area contributed by atoms with Crippen molar-refractivity contribution in [2.75, 3.05) is 0 Å². The first-order valence-electron chi connectivity index (χ1n) is 2.46. The molecule has 0 unspecified atom stereocenters. The molecule has 1 aromatic rings. The van der Waals surface area contributed by atoms with Crippen molar-refractivity contribution >= 4 is 10.4 Å². The minimum atomic E-state index is -0.341. The van der Waals surface area contributed by atoms with E-state index in [0.29, 0.717) is 10.4 Å². The largest absolute Gasteiger partial charge is 0.337 e. The molecule has 0 radical (unpaired) electrons. The van der Waals surface area contributed by atoms with Crippen molar-refractivity contribution in [2.45, 2.75) is 0 Å². The quantitative estimate of drug-likeness (QED) is 0.413.